The maximum absolute atomic E-state index is 11.4. The van der Waals surface area contributed by atoms with Gasteiger partial charge in [-0.1, -0.05) is 0 Å². The Bertz CT molecular complexity index is 459. The number of anilines is 1. The SMILES string of the molecule is COC(=O)c1ccc(N2CCC(CO)CC2)c(Br)n1. The predicted molar refractivity (Wildman–Crippen MR) is 75.3 cm³/mol. The molecule has 5 nitrogen and oxygen atoms in total. The van der Waals surface area contributed by atoms with Gasteiger partial charge in [-0.25, -0.2) is 9.78 Å². The van der Waals surface area contributed by atoms with Crippen molar-refractivity contribution in [2.75, 3.05) is 31.7 Å². The number of aliphatic hydroxyl groups excluding tert-OH is 1. The molecule has 0 aromatic carbocycles. The van der Waals surface area contributed by atoms with Crippen LogP contribution in [0.1, 0.15) is 23.3 Å². The molecule has 0 amide bonds. The number of carbonyl (C=O) groups excluding carboxylic acids is 1. The molecular formula is C13H17BrN2O3. The molecule has 0 atom stereocenters. The van der Waals surface area contributed by atoms with Crippen LogP contribution in [0.5, 0.6) is 0 Å². The second-order valence-corrected chi connectivity index (χ2v) is 5.36. The van der Waals surface area contributed by atoms with E-state index >= 15 is 0 Å². The molecule has 0 radical (unpaired) electrons. The molecule has 19 heavy (non-hydrogen) atoms. The van der Waals surface area contributed by atoms with Gasteiger partial charge in [0.25, 0.3) is 0 Å². The summed E-state index contributed by atoms with van der Waals surface area (Å²) in [6, 6.07) is 3.55. The summed E-state index contributed by atoms with van der Waals surface area (Å²) < 4.78 is 5.29. The number of halogens is 1. The molecule has 0 aliphatic carbocycles. The summed E-state index contributed by atoms with van der Waals surface area (Å²) in [6.07, 6.45) is 1.95. The van der Waals surface area contributed by atoms with Gasteiger partial charge in [0.2, 0.25) is 0 Å². The van der Waals surface area contributed by atoms with Gasteiger partial charge >= 0.3 is 5.97 Å². The van der Waals surface area contributed by atoms with Crippen LogP contribution in [0.25, 0.3) is 0 Å². The maximum atomic E-state index is 11.4. The number of pyridine rings is 1. The molecule has 1 aliphatic heterocycles. The highest BCUT2D eigenvalue weighted by Crippen LogP contribution is 2.28. The Kier molecular flexibility index (Phi) is 4.76. The lowest BCUT2D eigenvalue weighted by molar-refractivity contribution is 0.0594. The van der Waals surface area contributed by atoms with Crippen molar-refractivity contribution in [3.05, 3.63) is 22.4 Å². The first kappa shape index (κ1) is 14.3. The molecule has 0 saturated carbocycles. The summed E-state index contributed by atoms with van der Waals surface area (Å²) in [5, 5.41) is 9.14. The molecule has 1 aromatic heterocycles. The van der Waals surface area contributed by atoms with E-state index < -0.39 is 5.97 Å². The number of nitrogens with zero attached hydrogens (tertiary/aromatic N) is 2. The average Bonchev–Trinajstić information content (AvgIpc) is 2.46. The highest BCUT2D eigenvalue weighted by Gasteiger charge is 2.21. The number of aromatic nitrogens is 1. The molecule has 0 unspecified atom stereocenters. The molecule has 2 heterocycles. The van der Waals surface area contributed by atoms with Gasteiger partial charge in [0.05, 0.1) is 12.8 Å². The molecule has 1 aliphatic rings. The van der Waals surface area contributed by atoms with Gasteiger partial charge in [-0.3, -0.25) is 0 Å². The van der Waals surface area contributed by atoms with E-state index in [1.54, 1.807) is 6.07 Å². The summed E-state index contributed by atoms with van der Waals surface area (Å²) in [4.78, 5) is 17.8. The largest absolute Gasteiger partial charge is 0.464 e. The highest BCUT2D eigenvalue weighted by molar-refractivity contribution is 9.10. The van der Waals surface area contributed by atoms with Gasteiger partial charge in [-0.15, -0.1) is 0 Å². The predicted octanol–water partition coefficient (Wildman–Crippen LogP) is 1.84. The van der Waals surface area contributed by atoms with E-state index in [1.807, 2.05) is 6.07 Å². The number of hydrogen-bond acceptors (Lipinski definition) is 5. The van der Waals surface area contributed by atoms with Crippen molar-refractivity contribution in [2.45, 2.75) is 12.8 Å². The lowest BCUT2D eigenvalue weighted by atomic mass is 9.98. The molecule has 6 heteroatoms. The van der Waals surface area contributed by atoms with E-state index in [9.17, 15) is 4.79 Å². The number of piperidine rings is 1. The molecule has 0 spiro atoms. The summed E-state index contributed by atoms with van der Waals surface area (Å²) >= 11 is 3.40. The van der Waals surface area contributed by atoms with Crippen LogP contribution in [0.2, 0.25) is 0 Å². The number of esters is 1. The second-order valence-electron chi connectivity index (χ2n) is 4.61. The number of ether oxygens (including phenoxy) is 1. The minimum atomic E-state index is -0.439. The average molecular weight is 329 g/mol. The van der Waals surface area contributed by atoms with Crippen LogP contribution in [-0.4, -0.2) is 42.9 Å². The minimum absolute atomic E-state index is 0.258. The molecule has 0 bridgehead atoms. The molecule has 104 valence electrons. The summed E-state index contributed by atoms with van der Waals surface area (Å²) in [5.41, 5.74) is 1.27. The third-order valence-electron chi connectivity index (χ3n) is 3.44. The zero-order chi connectivity index (χ0) is 13.8. The highest BCUT2D eigenvalue weighted by atomic mass is 79.9. The Hall–Kier alpha value is -1.14. The molecule has 1 fully saturated rings. The summed E-state index contributed by atoms with van der Waals surface area (Å²) in [6.45, 7) is 2.04. The lowest BCUT2D eigenvalue weighted by Crippen LogP contribution is -2.35. The van der Waals surface area contributed by atoms with Gasteiger partial charge in [0.15, 0.2) is 0 Å². The van der Waals surface area contributed by atoms with E-state index in [-0.39, 0.29) is 6.61 Å². The normalized spacial score (nSPS) is 16.5. The summed E-state index contributed by atoms with van der Waals surface area (Å²) in [5.74, 6) is -0.0384. The van der Waals surface area contributed by atoms with Crippen molar-refractivity contribution in [1.29, 1.82) is 0 Å². The van der Waals surface area contributed by atoms with Crippen LogP contribution < -0.4 is 4.90 Å². The fourth-order valence-corrected chi connectivity index (χ4v) is 2.81. The van der Waals surface area contributed by atoms with E-state index in [0.717, 1.165) is 31.6 Å². The van der Waals surface area contributed by atoms with E-state index in [0.29, 0.717) is 16.2 Å². The Morgan fingerprint density at radius 3 is 2.74 bits per heavy atom. The third kappa shape index (κ3) is 3.25. The van der Waals surface area contributed by atoms with Crippen molar-refractivity contribution in [3.8, 4) is 0 Å². The summed E-state index contributed by atoms with van der Waals surface area (Å²) in [7, 11) is 1.34. The van der Waals surface area contributed by atoms with Crippen LogP contribution >= 0.6 is 15.9 Å². The number of methoxy groups -OCH3 is 1. The topological polar surface area (TPSA) is 62.7 Å². The van der Waals surface area contributed by atoms with Gasteiger partial charge in [0.1, 0.15) is 10.3 Å². The second kappa shape index (κ2) is 6.34. The molecule has 1 N–H and O–H groups in total. The van der Waals surface area contributed by atoms with Crippen molar-refractivity contribution in [1.82, 2.24) is 4.98 Å². The van der Waals surface area contributed by atoms with Crippen molar-refractivity contribution in [2.24, 2.45) is 5.92 Å². The third-order valence-corrected chi connectivity index (χ3v) is 4.02. The number of carbonyl (C=O) groups is 1. The van der Waals surface area contributed by atoms with Gasteiger partial charge in [0, 0.05) is 19.7 Å². The molecular weight excluding hydrogens is 312 g/mol. The van der Waals surface area contributed by atoms with Gasteiger partial charge in [-0.2, -0.15) is 0 Å². The number of hydrogen-bond donors (Lipinski definition) is 1. The Balaban J connectivity index is 2.11. The lowest BCUT2D eigenvalue weighted by Gasteiger charge is -2.33. The maximum Gasteiger partial charge on any atom is 0.356 e. The number of rotatable bonds is 3. The minimum Gasteiger partial charge on any atom is -0.464 e. The van der Waals surface area contributed by atoms with Crippen LogP contribution in [0.15, 0.2) is 16.7 Å². The van der Waals surface area contributed by atoms with Crippen LogP contribution in [0.3, 0.4) is 0 Å². The Labute approximate surface area is 120 Å². The van der Waals surface area contributed by atoms with Crippen molar-refractivity contribution in [3.63, 3.8) is 0 Å². The quantitative estimate of drug-likeness (QED) is 0.677. The van der Waals surface area contributed by atoms with E-state index in [4.69, 9.17) is 5.11 Å². The smallest absolute Gasteiger partial charge is 0.356 e. The molecule has 1 saturated heterocycles. The van der Waals surface area contributed by atoms with Crippen molar-refractivity contribution >= 4 is 27.6 Å². The zero-order valence-corrected chi connectivity index (χ0v) is 12.4. The van der Waals surface area contributed by atoms with Gasteiger partial charge < -0.3 is 14.7 Å². The van der Waals surface area contributed by atoms with E-state index in [2.05, 4.69) is 30.6 Å². The first-order valence-electron chi connectivity index (χ1n) is 6.26. The standard InChI is InChI=1S/C13H17BrN2O3/c1-19-13(18)10-2-3-11(12(14)15-10)16-6-4-9(8-17)5-7-16/h2-3,9,17H,4-8H2,1H3. The fourth-order valence-electron chi connectivity index (χ4n) is 2.24. The fraction of sp³-hybridized carbons (Fsp3) is 0.538. The zero-order valence-electron chi connectivity index (χ0n) is 10.8. The molecule has 2 rings (SSSR count). The van der Waals surface area contributed by atoms with E-state index in [1.165, 1.54) is 7.11 Å². The monoisotopic (exact) mass is 328 g/mol. The van der Waals surface area contributed by atoms with Crippen molar-refractivity contribution < 1.29 is 14.6 Å². The first-order chi connectivity index (χ1) is 9.15. The van der Waals surface area contributed by atoms with Crippen LogP contribution in [0.4, 0.5) is 5.69 Å². The first-order valence-corrected chi connectivity index (χ1v) is 7.05. The van der Waals surface area contributed by atoms with Crippen LogP contribution in [0, 0.1) is 5.92 Å². The van der Waals surface area contributed by atoms with Gasteiger partial charge in [-0.05, 0) is 46.8 Å². The number of aliphatic hydroxyl groups is 1. The Morgan fingerprint density at radius 1 is 1.53 bits per heavy atom. The molecule has 1 aromatic rings. The Morgan fingerprint density at radius 2 is 2.21 bits per heavy atom. The van der Waals surface area contributed by atoms with Crippen LogP contribution in [-0.2, 0) is 4.74 Å².